The molecule has 0 heterocycles. The molecule has 0 aliphatic carbocycles. The highest BCUT2D eigenvalue weighted by Gasteiger charge is 1.86. The van der Waals surface area contributed by atoms with Gasteiger partial charge in [0.25, 0.3) is 0 Å². The molecule has 6 heteroatoms. The lowest BCUT2D eigenvalue weighted by Gasteiger charge is -1.89. The van der Waals surface area contributed by atoms with Gasteiger partial charge in [0.15, 0.2) is 0 Å². The van der Waals surface area contributed by atoms with Crippen molar-refractivity contribution in [3.63, 3.8) is 0 Å². The highest BCUT2D eigenvalue weighted by molar-refractivity contribution is 7.39. The standard InChI is InChI=1S/CH5O3P.2ClH/c1-4-5(2)3;;/h2-3H,1H3;2*1H/p-2. The van der Waals surface area contributed by atoms with E-state index in [0.717, 1.165) is 0 Å². The van der Waals surface area contributed by atoms with Crippen LogP contribution in [-0.2, 0) is 4.52 Å². The largest absolute Gasteiger partial charge is 1.00 e. The smallest absolute Gasteiger partial charge is 0.326 e. The zero-order valence-corrected chi connectivity index (χ0v) is 5.91. The van der Waals surface area contributed by atoms with Gasteiger partial charge in [-0.2, -0.15) is 0 Å². The van der Waals surface area contributed by atoms with E-state index in [0.29, 0.717) is 0 Å². The maximum atomic E-state index is 7.76. The van der Waals surface area contributed by atoms with Crippen LogP contribution in [0.15, 0.2) is 0 Å². The summed E-state index contributed by atoms with van der Waals surface area (Å²) in [6.07, 6.45) is 0. The van der Waals surface area contributed by atoms with Crippen molar-refractivity contribution in [3.05, 3.63) is 0 Å². The van der Waals surface area contributed by atoms with E-state index < -0.39 is 8.60 Å². The second-order valence-electron chi connectivity index (χ2n) is 0.435. The molecule has 7 heavy (non-hydrogen) atoms. The average molecular weight is 167 g/mol. The van der Waals surface area contributed by atoms with Crippen LogP contribution in [-0.4, -0.2) is 16.9 Å². The second kappa shape index (κ2) is 10.00. The predicted octanol–water partition coefficient (Wildman–Crippen LogP) is -6.15. The highest BCUT2D eigenvalue weighted by Crippen LogP contribution is 2.20. The molecule has 0 spiro atoms. The number of halogens is 2. The predicted molar refractivity (Wildman–Crippen MR) is 18.4 cm³/mol. The summed E-state index contributed by atoms with van der Waals surface area (Å²) in [5.41, 5.74) is 0. The summed E-state index contributed by atoms with van der Waals surface area (Å²) in [4.78, 5) is 15.5. The van der Waals surface area contributed by atoms with Crippen LogP contribution in [0.5, 0.6) is 0 Å². The minimum absolute atomic E-state index is 0. The van der Waals surface area contributed by atoms with E-state index in [1.807, 2.05) is 0 Å². The first-order chi connectivity index (χ1) is 2.27. The molecule has 0 atom stereocenters. The number of hydrogen-bond donors (Lipinski definition) is 2. The Labute approximate surface area is 55.5 Å². The normalized spacial score (nSPS) is 6.86. The van der Waals surface area contributed by atoms with Gasteiger partial charge < -0.3 is 39.1 Å². The third kappa shape index (κ3) is 19.7. The van der Waals surface area contributed by atoms with E-state index in [9.17, 15) is 0 Å². The molecule has 0 saturated heterocycles. The quantitative estimate of drug-likeness (QED) is 0.382. The lowest BCUT2D eigenvalue weighted by Crippen LogP contribution is -3.00. The third-order valence-corrected chi connectivity index (χ3v) is 0.490. The van der Waals surface area contributed by atoms with E-state index in [4.69, 9.17) is 9.79 Å². The lowest BCUT2D eigenvalue weighted by atomic mass is 11.8. The average Bonchev–Trinajstić information content (AvgIpc) is 1.38. The first-order valence-electron chi connectivity index (χ1n) is 0.991. The Bertz CT molecular complexity index is 26.9. The Morgan fingerprint density at radius 3 is 1.43 bits per heavy atom. The van der Waals surface area contributed by atoms with Gasteiger partial charge in [-0.3, -0.25) is 0 Å². The van der Waals surface area contributed by atoms with Crippen LogP contribution < -0.4 is 24.8 Å². The van der Waals surface area contributed by atoms with Crippen LogP contribution in [0.4, 0.5) is 0 Å². The summed E-state index contributed by atoms with van der Waals surface area (Å²) in [7, 11) is -0.870. The van der Waals surface area contributed by atoms with E-state index in [1.54, 1.807) is 0 Å². The maximum Gasteiger partial charge on any atom is 0.326 e. The van der Waals surface area contributed by atoms with Crippen LogP contribution in [0, 0.1) is 0 Å². The first-order valence-corrected chi connectivity index (χ1v) is 2.16. The molecule has 0 saturated carbocycles. The van der Waals surface area contributed by atoms with Crippen molar-refractivity contribution in [1.82, 2.24) is 0 Å². The fourth-order valence-electron chi connectivity index (χ4n) is 0. The van der Waals surface area contributed by atoms with Gasteiger partial charge in [-0.15, -0.1) is 0 Å². The van der Waals surface area contributed by atoms with E-state index in [-0.39, 0.29) is 24.8 Å². The Kier molecular flexibility index (Phi) is 22.4. The molecule has 0 bridgehead atoms. The summed E-state index contributed by atoms with van der Waals surface area (Å²) < 4.78 is 3.93. The van der Waals surface area contributed by atoms with Gasteiger partial charge in [0.05, 0.1) is 0 Å². The summed E-state index contributed by atoms with van der Waals surface area (Å²) in [6.45, 7) is 0. The van der Waals surface area contributed by atoms with Crippen molar-refractivity contribution in [2.45, 2.75) is 0 Å². The van der Waals surface area contributed by atoms with E-state index >= 15 is 0 Å². The molecule has 0 aliphatic rings. The molecule has 0 radical (unpaired) electrons. The lowest BCUT2D eigenvalue weighted by molar-refractivity contribution is -0.00100. The second-order valence-corrected chi connectivity index (χ2v) is 1.31. The minimum atomic E-state index is -2.10. The van der Waals surface area contributed by atoms with Crippen LogP contribution in [0.25, 0.3) is 0 Å². The molecule has 2 N–H and O–H groups in total. The third-order valence-electron chi connectivity index (χ3n) is 0.163. The molecule has 0 amide bonds. The van der Waals surface area contributed by atoms with Gasteiger partial charge in [0.2, 0.25) is 0 Å². The van der Waals surface area contributed by atoms with Gasteiger partial charge in [-0.25, -0.2) is 0 Å². The molecular weight excluding hydrogens is 162 g/mol. The SMILES string of the molecule is COP(O)O.[Cl-].[Cl-]. The Morgan fingerprint density at radius 1 is 1.29 bits per heavy atom. The molecule has 48 valence electrons. The Hall–Kier alpha value is 0.890. The van der Waals surface area contributed by atoms with Crippen molar-refractivity contribution in [2.75, 3.05) is 7.11 Å². The van der Waals surface area contributed by atoms with Gasteiger partial charge in [0, 0.05) is 7.11 Å². The molecular formula is CH5Cl2O3P-2. The van der Waals surface area contributed by atoms with Crippen LogP contribution >= 0.6 is 8.60 Å². The van der Waals surface area contributed by atoms with Crippen LogP contribution in [0.1, 0.15) is 0 Å². The molecule has 0 rings (SSSR count). The molecule has 0 aromatic rings. The van der Waals surface area contributed by atoms with Crippen molar-refractivity contribution in [1.29, 1.82) is 0 Å². The topological polar surface area (TPSA) is 49.7 Å². The van der Waals surface area contributed by atoms with Crippen molar-refractivity contribution < 1.29 is 39.1 Å². The Morgan fingerprint density at radius 2 is 1.43 bits per heavy atom. The monoisotopic (exact) mass is 166 g/mol. The molecule has 0 aromatic heterocycles. The van der Waals surface area contributed by atoms with Gasteiger partial charge in [0.1, 0.15) is 0 Å². The van der Waals surface area contributed by atoms with E-state index in [1.165, 1.54) is 7.11 Å². The zero-order chi connectivity index (χ0) is 4.28. The molecule has 0 fully saturated rings. The summed E-state index contributed by atoms with van der Waals surface area (Å²) in [6, 6.07) is 0. The highest BCUT2D eigenvalue weighted by atomic mass is 35.5. The van der Waals surface area contributed by atoms with Crippen LogP contribution in [0.2, 0.25) is 0 Å². The van der Waals surface area contributed by atoms with Crippen molar-refractivity contribution >= 4 is 8.60 Å². The van der Waals surface area contributed by atoms with Gasteiger partial charge in [-0.05, 0) is 0 Å². The molecule has 0 aliphatic heterocycles. The summed E-state index contributed by atoms with van der Waals surface area (Å²) in [5.74, 6) is 0. The number of hydrogen-bond acceptors (Lipinski definition) is 3. The number of rotatable bonds is 1. The maximum absolute atomic E-state index is 7.76. The van der Waals surface area contributed by atoms with Gasteiger partial charge in [-0.1, -0.05) is 0 Å². The fourth-order valence-corrected chi connectivity index (χ4v) is 0. The van der Waals surface area contributed by atoms with Crippen molar-refractivity contribution in [3.8, 4) is 0 Å². The molecule has 0 aromatic carbocycles. The fraction of sp³-hybridized carbons (Fsp3) is 1.00. The van der Waals surface area contributed by atoms with Crippen molar-refractivity contribution in [2.24, 2.45) is 0 Å². The van der Waals surface area contributed by atoms with Gasteiger partial charge >= 0.3 is 8.60 Å². The first kappa shape index (κ1) is 15.7. The minimum Gasteiger partial charge on any atom is -1.00 e. The molecule has 0 unspecified atom stereocenters. The summed E-state index contributed by atoms with van der Waals surface area (Å²) >= 11 is 0. The Balaban J connectivity index is -0.0000000800. The zero-order valence-electron chi connectivity index (χ0n) is 3.51. The molecule has 3 nitrogen and oxygen atoms in total. The van der Waals surface area contributed by atoms with Crippen LogP contribution in [0.3, 0.4) is 0 Å². The summed E-state index contributed by atoms with van der Waals surface area (Å²) in [5, 5.41) is 0. The van der Waals surface area contributed by atoms with E-state index in [2.05, 4.69) is 4.52 Å².